The Hall–Kier alpha value is -5.62. The first-order valence-corrected chi connectivity index (χ1v) is 17.1. The van der Waals surface area contributed by atoms with Gasteiger partial charge in [-0.2, -0.15) is 10.5 Å². The van der Waals surface area contributed by atoms with Crippen LogP contribution in [-0.2, 0) is 27.2 Å². The van der Waals surface area contributed by atoms with E-state index in [-0.39, 0.29) is 35.6 Å². The molecule has 2 aliphatic heterocycles. The van der Waals surface area contributed by atoms with Gasteiger partial charge in [0.05, 0.1) is 36.4 Å². The molecule has 50 heavy (non-hydrogen) atoms. The first-order chi connectivity index (χ1) is 24.0. The van der Waals surface area contributed by atoms with Gasteiger partial charge in [-0.05, 0) is 60.8 Å². The summed E-state index contributed by atoms with van der Waals surface area (Å²) in [5.74, 6) is 2.33. The molecule has 0 amide bonds. The number of rotatable bonds is 6. The summed E-state index contributed by atoms with van der Waals surface area (Å²) in [6.07, 6.45) is 4.39. The Morgan fingerprint density at radius 2 is 1.02 bits per heavy atom. The molecule has 0 bridgehead atoms. The van der Waals surface area contributed by atoms with Crippen LogP contribution >= 0.6 is 0 Å². The van der Waals surface area contributed by atoms with E-state index in [1.165, 1.54) is 26.2 Å². The maximum Gasteiger partial charge on any atom is 0.332 e. The van der Waals surface area contributed by atoms with Crippen molar-refractivity contribution in [2.24, 2.45) is 25.9 Å². The summed E-state index contributed by atoms with van der Waals surface area (Å²) in [5, 5.41) is 18.6. The molecule has 0 radical (unpaired) electrons. The van der Waals surface area contributed by atoms with Crippen molar-refractivity contribution in [3.63, 3.8) is 0 Å². The van der Waals surface area contributed by atoms with E-state index < -0.39 is 0 Å². The summed E-state index contributed by atoms with van der Waals surface area (Å²) in [7, 11) is 2.97. The fourth-order valence-electron chi connectivity index (χ4n) is 6.81. The van der Waals surface area contributed by atoms with Crippen LogP contribution in [0.25, 0.3) is 0 Å². The largest absolute Gasteiger partial charge is 0.357 e. The predicted octanol–water partition coefficient (Wildman–Crippen LogP) is 3.41. The molecule has 0 spiro atoms. The van der Waals surface area contributed by atoms with Gasteiger partial charge >= 0.3 is 11.4 Å². The van der Waals surface area contributed by atoms with Gasteiger partial charge in [0.1, 0.15) is 11.6 Å². The third-order valence-electron chi connectivity index (χ3n) is 9.65. The van der Waals surface area contributed by atoms with Crippen molar-refractivity contribution in [3.05, 3.63) is 125 Å². The maximum atomic E-state index is 12.8. The molecule has 2 atom stereocenters. The SMILES string of the molecule is C[C@@H]1CCCN(c2cc(=O)n(C)c(=O)n2Cc2ccccc2C#N)C1.C[C@H]1CCCN(c2cc(=O)n(C)c(=O)n2Cc2ccccc2C#N)C1. The van der Waals surface area contributed by atoms with Crippen LogP contribution in [0.5, 0.6) is 0 Å². The van der Waals surface area contributed by atoms with Crippen LogP contribution in [0.3, 0.4) is 0 Å². The Bertz CT molecular complexity index is 2030. The zero-order valence-electron chi connectivity index (χ0n) is 29.2. The minimum atomic E-state index is -0.353. The van der Waals surface area contributed by atoms with E-state index in [0.29, 0.717) is 34.6 Å². The topological polar surface area (TPSA) is 142 Å². The Balaban J connectivity index is 0.000000194. The number of anilines is 2. The van der Waals surface area contributed by atoms with E-state index in [1.807, 2.05) is 24.3 Å². The minimum absolute atomic E-state index is 0.275. The van der Waals surface area contributed by atoms with Gasteiger partial charge in [-0.3, -0.25) is 27.9 Å². The maximum absolute atomic E-state index is 12.8. The number of aromatic nitrogens is 4. The molecule has 0 saturated carbocycles. The standard InChI is InChI=1S/2C19H22N4O2/c2*1-14-6-5-9-22(12-14)17-10-18(24)21(2)19(25)23(17)13-16-8-4-3-7-15(16)11-20/h2*3-4,7-8,10,14H,5-6,9,12-13H2,1-2H3/t2*14-/m10/s1. The number of hydrogen-bond acceptors (Lipinski definition) is 8. The van der Waals surface area contributed by atoms with Crippen molar-refractivity contribution in [1.82, 2.24) is 18.3 Å². The Morgan fingerprint density at radius 1 is 0.640 bits per heavy atom. The van der Waals surface area contributed by atoms with Gasteiger partial charge in [-0.25, -0.2) is 9.59 Å². The highest BCUT2D eigenvalue weighted by atomic mass is 16.2. The lowest BCUT2D eigenvalue weighted by Gasteiger charge is -2.34. The third kappa shape index (κ3) is 7.81. The van der Waals surface area contributed by atoms with Crippen molar-refractivity contribution in [2.45, 2.75) is 52.6 Å². The van der Waals surface area contributed by atoms with Crippen LogP contribution in [0.15, 0.2) is 79.8 Å². The van der Waals surface area contributed by atoms with Crippen molar-refractivity contribution >= 4 is 11.6 Å². The van der Waals surface area contributed by atoms with Crippen LogP contribution in [0.4, 0.5) is 11.6 Å². The Morgan fingerprint density at radius 3 is 1.38 bits per heavy atom. The first-order valence-electron chi connectivity index (χ1n) is 17.1. The van der Waals surface area contributed by atoms with Crippen LogP contribution in [0.1, 0.15) is 61.8 Å². The molecule has 0 unspecified atom stereocenters. The molecule has 4 aromatic rings. The van der Waals surface area contributed by atoms with E-state index in [4.69, 9.17) is 0 Å². The summed E-state index contributed by atoms with van der Waals surface area (Å²) in [6.45, 7) is 8.22. The summed E-state index contributed by atoms with van der Waals surface area (Å²) >= 11 is 0. The lowest BCUT2D eigenvalue weighted by atomic mass is 10.0. The van der Waals surface area contributed by atoms with Gasteiger partial charge in [0.15, 0.2) is 0 Å². The van der Waals surface area contributed by atoms with Gasteiger partial charge in [0, 0.05) is 52.4 Å². The van der Waals surface area contributed by atoms with Gasteiger partial charge < -0.3 is 9.80 Å². The van der Waals surface area contributed by atoms with Gasteiger partial charge in [-0.15, -0.1) is 0 Å². The molecule has 2 fully saturated rings. The van der Waals surface area contributed by atoms with Crippen LogP contribution < -0.4 is 32.3 Å². The molecule has 260 valence electrons. The lowest BCUT2D eigenvalue weighted by molar-refractivity contribution is 0.437. The molecule has 12 heteroatoms. The Labute approximate surface area is 291 Å². The van der Waals surface area contributed by atoms with E-state index >= 15 is 0 Å². The molecular weight excluding hydrogens is 632 g/mol. The summed E-state index contributed by atoms with van der Waals surface area (Å²) in [5.41, 5.74) is 1.32. The first kappa shape index (κ1) is 35.7. The molecule has 4 heterocycles. The van der Waals surface area contributed by atoms with Crippen LogP contribution in [-0.4, -0.2) is 44.4 Å². The average molecular weight is 677 g/mol. The molecular formula is C38H44N8O4. The highest BCUT2D eigenvalue weighted by molar-refractivity contribution is 5.44. The van der Waals surface area contributed by atoms with E-state index in [2.05, 4.69) is 35.8 Å². The highest BCUT2D eigenvalue weighted by Gasteiger charge is 2.23. The number of nitrogens with zero attached hydrogens (tertiary/aromatic N) is 8. The molecule has 0 aliphatic carbocycles. The number of nitriles is 2. The van der Waals surface area contributed by atoms with Crippen molar-refractivity contribution < 1.29 is 0 Å². The minimum Gasteiger partial charge on any atom is -0.357 e. The number of piperidine rings is 2. The lowest BCUT2D eigenvalue weighted by Crippen LogP contribution is -2.44. The summed E-state index contributed by atoms with van der Waals surface area (Å²) in [4.78, 5) is 54.1. The van der Waals surface area contributed by atoms with Crippen LogP contribution in [0, 0.1) is 34.5 Å². The second-order valence-corrected chi connectivity index (χ2v) is 13.5. The zero-order chi connectivity index (χ0) is 35.9. The smallest absolute Gasteiger partial charge is 0.332 e. The number of hydrogen-bond donors (Lipinski definition) is 0. The molecule has 12 nitrogen and oxygen atoms in total. The zero-order valence-corrected chi connectivity index (χ0v) is 29.2. The molecule has 6 rings (SSSR count). The predicted molar refractivity (Wildman–Crippen MR) is 194 cm³/mol. The fourth-order valence-corrected chi connectivity index (χ4v) is 6.81. The Kier molecular flexibility index (Phi) is 11.2. The average Bonchev–Trinajstić information content (AvgIpc) is 3.12. The summed E-state index contributed by atoms with van der Waals surface area (Å²) in [6, 6.07) is 21.9. The highest BCUT2D eigenvalue weighted by Crippen LogP contribution is 2.24. The van der Waals surface area contributed by atoms with E-state index in [0.717, 1.165) is 72.1 Å². The molecule has 2 aromatic heterocycles. The van der Waals surface area contributed by atoms with E-state index in [9.17, 15) is 29.7 Å². The van der Waals surface area contributed by atoms with Crippen LogP contribution in [0.2, 0.25) is 0 Å². The van der Waals surface area contributed by atoms with Gasteiger partial charge in [-0.1, -0.05) is 50.2 Å². The van der Waals surface area contributed by atoms with Crippen molar-refractivity contribution in [1.29, 1.82) is 10.5 Å². The quantitative estimate of drug-likeness (QED) is 0.303. The molecule has 2 aromatic carbocycles. The third-order valence-corrected chi connectivity index (χ3v) is 9.65. The monoisotopic (exact) mass is 676 g/mol. The fraction of sp³-hybridized carbons (Fsp3) is 0.421. The molecule has 2 saturated heterocycles. The van der Waals surface area contributed by atoms with E-state index in [1.54, 1.807) is 33.4 Å². The van der Waals surface area contributed by atoms with Gasteiger partial charge in [0.2, 0.25) is 0 Å². The van der Waals surface area contributed by atoms with Crippen molar-refractivity contribution in [3.8, 4) is 12.1 Å². The van der Waals surface area contributed by atoms with Gasteiger partial charge in [0.25, 0.3) is 11.1 Å². The molecule has 0 N–H and O–H groups in total. The second kappa shape index (κ2) is 15.7. The number of benzene rings is 2. The summed E-state index contributed by atoms with van der Waals surface area (Å²) < 4.78 is 5.45. The van der Waals surface area contributed by atoms with Crippen molar-refractivity contribution in [2.75, 3.05) is 36.0 Å². The second-order valence-electron chi connectivity index (χ2n) is 13.5. The normalized spacial score (nSPS) is 17.3. The molecule has 2 aliphatic rings.